The van der Waals surface area contributed by atoms with Gasteiger partial charge in [-0.3, -0.25) is 4.79 Å². The number of carbonyl (C=O) groups is 1. The van der Waals surface area contributed by atoms with Crippen LogP contribution in [0.3, 0.4) is 0 Å². The van der Waals surface area contributed by atoms with Gasteiger partial charge < -0.3 is 15.7 Å². The topological polar surface area (TPSA) is 61.4 Å². The van der Waals surface area contributed by atoms with E-state index in [9.17, 15) is 9.90 Å². The van der Waals surface area contributed by atoms with Crippen LogP contribution in [0.1, 0.15) is 32.6 Å². The molecule has 1 aliphatic carbocycles. The van der Waals surface area contributed by atoms with Crippen LogP contribution in [0.5, 0.6) is 0 Å². The largest absolute Gasteiger partial charge is 0.393 e. The number of hydrogen-bond donors (Lipinski definition) is 3. The molecule has 3 N–H and O–H groups in total. The molecule has 4 heteroatoms. The van der Waals surface area contributed by atoms with E-state index in [2.05, 4.69) is 10.6 Å². The van der Waals surface area contributed by atoms with Crippen LogP contribution in [0.2, 0.25) is 0 Å². The van der Waals surface area contributed by atoms with E-state index in [1.54, 1.807) is 0 Å². The second-order valence-corrected chi connectivity index (χ2v) is 5.22. The van der Waals surface area contributed by atoms with Gasteiger partial charge in [0.15, 0.2) is 0 Å². The van der Waals surface area contributed by atoms with Crippen LogP contribution in [-0.4, -0.2) is 36.8 Å². The van der Waals surface area contributed by atoms with E-state index in [1.807, 2.05) is 6.92 Å². The summed E-state index contributed by atoms with van der Waals surface area (Å²) in [5.41, 5.74) is 2.10. The van der Waals surface area contributed by atoms with Gasteiger partial charge in [0.2, 0.25) is 5.91 Å². The second kappa shape index (κ2) is 5.65. The minimum absolute atomic E-state index is 0.0765. The first-order chi connectivity index (χ1) is 8.16. The zero-order valence-corrected chi connectivity index (χ0v) is 10.5. The highest BCUT2D eigenvalue weighted by Crippen LogP contribution is 2.23. The molecule has 1 amide bonds. The van der Waals surface area contributed by atoms with Crippen molar-refractivity contribution in [2.24, 2.45) is 5.92 Å². The van der Waals surface area contributed by atoms with Crippen molar-refractivity contribution in [3.8, 4) is 0 Å². The molecule has 0 aromatic rings. The number of carbonyl (C=O) groups excluding carboxylic acids is 1. The fourth-order valence-corrected chi connectivity index (χ4v) is 2.39. The van der Waals surface area contributed by atoms with E-state index in [0.717, 1.165) is 50.9 Å². The van der Waals surface area contributed by atoms with Gasteiger partial charge in [0.05, 0.1) is 6.10 Å². The summed E-state index contributed by atoms with van der Waals surface area (Å²) in [6.07, 6.45) is 3.69. The molecular weight excluding hydrogens is 216 g/mol. The van der Waals surface area contributed by atoms with Crippen LogP contribution in [0.25, 0.3) is 0 Å². The van der Waals surface area contributed by atoms with Gasteiger partial charge in [0.25, 0.3) is 0 Å². The third-order valence-corrected chi connectivity index (χ3v) is 3.92. The first-order valence-electron chi connectivity index (χ1n) is 6.52. The van der Waals surface area contributed by atoms with Crippen molar-refractivity contribution in [3.05, 3.63) is 11.1 Å². The smallest absolute Gasteiger partial charge is 0.246 e. The molecule has 0 unspecified atom stereocenters. The molecule has 0 atom stereocenters. The Balaban J connectivity index is 1.73. The molecule has 2 rings (SSSR count). The van der Waals surface area contributed by atoms with E-state index in [0.29, 0.717) is 5.92 Å². The summed E-state index contributed by atoms with van der Waals surface area (Å²) in [5, 5.41) is 15.6. The summed E-state index contributed by atoms with van der Waals surface area (Å²) in [7, 11) is 0. The quantitative estimate of drug-likeness (QED) is 0.630. The number of rotatable bonds is 3. The average molecular weight is 238 g/mol. The first kappa shape index (κ1) is 12.6. The molecule has 2 aliphatic rings. The molecule has 0 radical (unpaired) electrons. The highest BCUT2D eigenvalue weighted by Gasteiger charge is 2.21. The van der Waals surface area contributed by atoms with Crippen LogP contribution >= 0.6 is 0 Å². The van der Waals surface area contributed by atoms with E-state index < -0.39 is 0 Å². The predicted molar refractivity (Wildman–Crippen MR) is 66.5 cm³/mol. The molecule has 1 saturated heterocycles. The van der Waals surface area contributed by atoms with Gasteiger partial charge in [-0.1, -0.05) is 0 Å². The van der Waals surface area contributed by atoms with Crippen molar-refractivity contribution >= 4 is 5.91 Å². The summed E-state index contributed by atoms with van der Waals surface area (Å²) in [6.45, 7) is 4.36. The number of hydrogen-bond acceptors (Lipinski definition) is 3. The van der Waals surface area contributed by atoms with Crippen LogP contribution in [0.15, 0.2) is 11.1 Å². The molecule has 1 heterocycles. The maximum Gasteiger partial charge on any atom is 0.246 e. The fourth-order valence-electron chi connectivity index (χ4n) is 2.39. The summed E-state index contributed by atoms with van der Waals surface area (Å²) >= 11 is 0. The van der Waals surface area contributed by atoms with Crippen molar-refractivity contribution < 1.29 is 9.90 Å². The van der Waals surface area contributed by atoms with Crippen molar-refractivity contribution in [3.63, 3.8) is 0 Å². The van der Waals surface area contributed by atoms with Crippen molar-refractivity contribution in [1.82, 2.24) is 10.6 Å². The monoisotopic (exact) mass is 238 g/mol. The van der Waals surface area contributed by atoms with Crippen molar-refractivity contribution in [1.29, 1.82) is 0 Å². The molecule has 17 heavy (non-hydrogen) atoms. The van der Waals surface area contributed by atoms with Gasteiger partial charge in [-0.05, 0) is 44.1 Å². The van der Waals surface area contributed by atoms with Gasteiger partial charge in [-0.15, -0.1) is 0 Å². The highest BCUT2D eigenvalue weighted by molar-refractivity contribution is 5.93. The van der Waals surface area contributed by atoms with Gasteiger partial charge in [-0.2, -0.15) is 0 Å². The zero-order valence-electron chi connectivity index (χ0n) is 10.5. The van der Waals surface area contributed by atoms with Crippen LogP contribution < -0.4 is 10.6 Å². The second-order valence-electron chi connectivity index (χ2n) is 5.22. The fraction of sp³-hybridized carbons (Fsp3) is 0.769. The summed E-state index contributed by atoms with van der Waals surface area (Å²) in [6, 6.07) is 0. The molecule has 96 valence electrons. The lowest BCUT2D eigenvalue weighted by Gasteiger charge is -2.26. The number of aliphatic hydroxyl groups is 1. The Morgan fingerprint density at radius 2 is 2.00 bits per heavy atom. The van der Waals surface area contributed by atoms with E-state index in [4.69, 9.17) is 0 Å². The lowest BCUT2D eigenvalue weighted by atomic mass is 9.87. The standard InChI is InChI=1S/C13H22N2O2/c1-9(11-7-14-8-11)13(17)15-6-10-2-4-12(16)5-3-10/h10,12,14,16H,2-8H2,1H3,(H,15,17). The Labute approximate surface area is 102 Å². The average Bonchev–Trinajstić information content (AvgIpc) is 2.25. The normalized spacial score (nSPS) is 28.5. The van der Waals surface area contributed by atoms with E-state index >= 15 is 0 Å². The maximum atomic E-state index is 11.8. The Kier molecular flexibility index (Phi) is 4.18. The first-order valence-corrected chi connectivity index (χ1v) is 6.52. The molecule has 0 aromatic carbocycles. The SMILES string of the molecule is CC(C(=O)NCC1CCC(O)CC1)=C1CNC1. The molecule has 0 bridgehead atoms. The molecule has 1 saturated carbocycles. The number of aliphatic hydroxyl groups excluding tert-OH is 1. The Morgan fingerprint density at radius 1 is 1.35 bits per heavy atom. The third-order valence-electron chi connectivity index (χ3n) is 3.92. The Hall–Kier alpha value is -0.870. The Morgan fingerprint density at radius 3 is 2.53 bits per heavy atom. The molecule has 0 aromatic heterocycles. The lowest BCUT2D eigenvalue weighted by molar-refractivity contribution is -0.117. The van der Waals surface area contributed by atoms with Crippen molar-refractivity contribution in [2.45, 2.75) is 38.7 Å². The van der Waals surface area contributed by atoms with Gasteiger partial charge in [-0.25, -0.2) is 0 Å². The minimum atomic E-state index is -0.119. The molecule has 2 fully saturated rings. The molecule has 1 aliphatic heterocycles. The van der Waals surface area contributed by atoms with Crippen LogP contribution in [-0.2, 0) is 4.79 Å². The maximum absolute atomic E-state index is 11.8. The summed E-state index contributed by atoms with van der Waals surface area (Å²) in [5.74, 6) is 0.618. The van der Waals surface area contributed by atoms with Gasteiger partial charge in [0, 0.05) is 25.2 Å². The van der Waals surface area contributed by atoms with Gasteiger partial charge in [0.1, 0.15) is 0 Å². The highest BCUT2D eigenvalue weighted by atomic mass is 16.3. The number of amides is 1. The van der Waals surface area contributed by atoms with E-state index in [-0.39, 0.29) is 12.0 Å². The third kappa shape index (κ3) is 3.30. The number of nitrogens with one attached hydrogen (secondary N) is 2. The summed E-state index contributed by atoms with van der Waals surface area (Å²) < 4.78 is 0. The minimum Gasteiger partial charge on any atom is -0.393 e. The molecule has 4 nitrogen and oxygen atoms in total. The molecular formula is C13H22N2O2. The van der Waals surface area contributed by atoms with Crippen LogP contribution in [0.4, 0.5) is 0 Å². The van der Waals surface area contributed by atoms with Crippen LogP contribution in [0, 0.1) is 5.92 Å². The Bertz CT molecular complexity index is 311. The summed E-state index contributed by atoms with van der Waals surface area (Å²) in [4.78, 5) is 11.8. The predicted octanol–water partition coefficient (Wildman–Crippen LogP) is 0.573. The van der Waals surface area contributed by atoms with Crippen molar-refractivity contribution in [2.75, 3.05) is 19.6 Å². The van der Waals surface area contributed by atoms with E-state index in [1.165, 1.54) is 5.57 Å². The molecule has 0 spiro atoms. The zero-order chi connectivity index (χ0) is 12.3. The lowest BCUT2D eigenvalue weighted by Crippen LogP contribution is -2.39. The van der Waals surface area contributed by atoms with Gasteiger partial charge >= 0.3 is 0 Å².